The fourth-order valence-corrected chi connectivity index (χ4v) is 2.56. The molecule has 0 aliphatic carbocycles. The Morgan fingerprint density at radius 1 is 1.26 bits per heavy atom. The van der Waals surface area contributed by atoms with Crippen LogP contribution in [0.1, 0.15) is 15.9 Å². The minimum Gasteiger partial charge on any atom is -0.496 e. The number of ether oxygens (including phenoxy) is 2. The van der Waals surface area contributed by atoms with E-state index in [0.29, 0.717) is 10.6 Å². The minimum atomic E-state index is -0.619. The highest BCUT2D eigenvalue weighted by atomic mass is 32.2. The van der Waals surface area contributed by atoms with E-state index in [1.54, 1.807) is 24.5 Å². The van der Waals surface area contributed by atoms with Gasteiger partial charge in [0.2, 0.25) is 0 Å². The average Bonchev–Trinajstić information content (AvgIpc) is 2.59. The minimum absolute atomic E-state index is 0.0287. The van der Waals surface area contributed by atoms with Crippen LogP contribution in [0.5, 0.6) is 5.75 Å². The largest absolute Gasteiger partial charge is 0.496 e. The molecule has 23 heavy (non-hydrogen) atoms. The van der Waals surface area contributed by atoms with Crippen LogP contribution in [-0.4, -0.2) is 24.3 Å². The molecule has 0 saturated carbocycles. The third-order valence-electron chi connectivity index (χ3n) is 3.16. The standard InChI is InChI=1S/C16H15NO5S/c1-21-14-6-4-3-5-12(14)10-22-16(18)11-7-8-15(23-2)13(9-11)17(19)20/h3-9H,10H2,1-2H3. The molecule has 0 N–H and O–H groups in total. The van der Waals surface area contributed by atoms with E-state index in [1.807, 2.05) is 12.1 Å². The van der Waals surface area contributed by atoms with Gasteiger partial charge in [-0.05, 0) is 24.5 Å². The molecule has 0 atom stereocenters. The van der Waals surface area contributed by atoms with Crippen LogP contribution in [0, 0.1) is 10.1 Å². The van der Waals surface area contributed by atoms with Gasteiger partial charge in [-0.1, -0.05) is 18.2 Å². The maximum Gasteiger partial charge on any atom is 0.338 e. The number of benzene rings is 2. The maximum atomic E-state index is 12.1. The molecular weight excluding hydrogens is 318 g/mol. The van der Waals surface area contributed by atoms with Gasteiger partial charge >= 0.3 is 5.97 Å². The number of hydrogen-bond donors (Lipinski definition) is 0. The van der Waals surface area contributed by atoms with E-state index < -0.39 is 10.9 Å². The first-order valence-corrected chi connectivity index (χ1v) is 7.90. The van der Waals surface area contributed by atoms with Crippen molar-refractivity contribution in [2.45, 2.75) is 11.5 Å². The van der Waals surface area contributed by atoms with Gasteiger partial charge in [0.1, 0.15) is 12.4 Å². The molecule has 0 radical (unpaired) electrons. The number of nitro groups is 1. The molecule has 2 rings (SSSR count). The normalized spacial score (nSPS) is 10.2. The van der Waals surface area contributed by atoms with Crippen LogP contribution in [0.15, 0.2) is 47.4 Å². The second-order valence-electron chi connectivity index (χ2n) is 4.53. The third kappa shape index (κ3) is 4.01. The fraction of sp³-hybridized carbons (Fsp3) is 0.188. The van der Waals surface area contributed by atoms with Crippen molar-refractivity contribution in [2.24, 2.45) is 0 Å². The third-order valence-corrected chi connectivity index (χ3v) is 3.95. The Bertz CT molecular complexity index is 732. The highest BCUT2D eigenvalue weighted by molar-refractivity contribution is 7.98. The zero-order chi connectivity index (χ0) is 16.8. The number of nitro benzene ring substituents is 1. The summed E-state index contributed by atoms with van der Waals surface area (Å²) in [6, 6.07) is 11.5. The number of esters is 1. The van der Waals surface area contributed by atoms with Gasteiger partial charge < -0.3 is 9.47 Å². The zero-order valence-electron chi connectivity index (χ0n) is 12.6. The monoisotopic (exact) mass is 333 g/mol. The molecular formula is C16H15NO5S. The van der Waals surface area contributed by atoms with E-state index in [2.05, 4.69) is 0 Å². The molecule has 0 saturated heterocycles. The number of nitrogens with zero attached hydrogens (tertiary/aromatic N) is 1. The van der Waals surface area contributed by atoms with E-state index in [-0.39, 0.29) is 17.9 Å². The number of rotatable bonds is 6. The number of methoxy groups -OCH3 is 1. The first-order valence-electron chi connectivity index (χ1n) is 6.68. The van der Waals surface area contributed by atoms with Gasteiger partial charge in [-0.3, -0.25) is 10.1 Å². The van der Waals surface area contributed by atoms with Crippen molar-refractivity contribution in [3.8, 4) is 5.75 Å². The lowest BCUT2D eigenvalue weighted by Gasteiger charge is -2.09. The summed E-state index contributed by atoms with van der Waals surface area (Å²) in [6.07, 6.45) is 1.74. The van der Waals surface area contributed by atoms with Crippen LogP contribution in [-0.2, 0) is 11.3 Å². The molecule has 0 fully saturated rings. The van der Waals surface area contributed by atoms with Crippen molar-refractivity contribution in [1.29, 1.82) is 0 Å². The summed E-state index contributed by atoms with van der Waals surface area (Å²) in [7, 11) is 1.53. The van der Waals surface area contributed by atoms with Crippen molar-refractivity contribution in [2.75, 3.05) is 13.4 Å². The first kappa shape index (κ1) is 16.8. The van der Waals surface area contributed by atoms with Crippen LogP contribution in [0.4, 0.5) is 5.69 Å². The maximum absolute atomic E-state index is 12.1. The Hall–Kier alpha value is -2.54. The molecule has 0 heterocycles. The van der Waals surface area contributed by atoms with Gasteiger partial charge in [-0.15, -0.1) is 11.8 Å². The summed E-state index contributed by atoms with van der Waals surface area (Å²) in [4.78, 5) is 23.1. The number of hydrogen-bond acceptors (Lipinski definition) is 6. The van der Waals surface area contributed by atoms with E-state index in [0.717, 1.165) is 5.56 Å². The first-order chi connectivity index (χ1) is 11.1. The fourth-order valence-electron chi connectivity index (χ4n) is 2.01. The van der Waals surface area contributed by atoms with Crippen LogP contribution in [0.25, 0.3) is 0 Å². The number of carbonyl (C=O) groups excluding carboxylic acids is 1. The molecule has 2 aromatic carbocycles. The number of thioether (sulfide) groups is 1. The quantitative estimate of drug-likeness (QED) is 0.347. The summed E-state index contributed by atoms with van der Waals surface area (Å²) in [5.74, 6) is -0.00401. The Kier molecular flexibility index (Phi) is 5.59. The second-order valence-corrected chi connectivity index (χ2v) is 5.38. The van der Waals surface area contributed by atoms with Crippen molar-refractivity contribution in [3.63, 3.8) is 0 Å². The van der Waals surface area contributed by atoms with Crippen molar-refractivity contribution < 1.29 is 19.2 Å². The van der Waals surface area contributed by atoms with E-state index in [1.165, 1.54) is 31.0 Å². The summed E-state index contributed by atoms with van der Waals surface area (Å²) in [6.45, 7) is 0.0287. The van der Waals surface area contributed by atoms with Gasteiger partial charge in [-0.25, -0.2) is 4.79 Å². The van der Waals surface area contributed by atoms with Gasteiger partial charge in [0.15, 0.2) is 0 Å². The molecule has 120 valence electrons. The van der Waals surface area contributed by atoms with Crippen molar-refractivity contribution in [3.05, 3.63) is 63.7 Å². The van der Waals surface area contributed by atoms with Crippen LogP contribution < -0.4 is 4.74 Å². The predicted molar refractivity (Wildman–Crippen MR) is 87.0 cm³/mol. The highest BCUT2D eigenvalue weighted by Crippen LogP contribution is 2.28. The van der Waals surface area contributed by atoms with E-state index in [9.17, 15) is 14.9 Å². The molecule has 0 amide bonds. The van der Waals surface area contributed by atoms with E-state index in [4.69, 9.17) is 9.47 Å². The van der Waals surface area contributed by atoms with Crippen LogP contribution in [0.2, 0.25) is 0 Å². The lowest BCUT2D eigenvalue weighted by molar-refractivity contribution is -0.387. The van der Waals surface area contributed by atoms with E-state index >= 15 is 0 Å². The molecule has 0 aliphatic heterocycles. The summed E-state index contributed by atoms with van der Waals surface area (Å²) in [5, 5.41) is 11.0. The Morgan fingerprint density at radius 2 is 2.00 bits per heavy atom. The second kappa shape index (κ2) is 7.64. The SMILES string of the molecule is COc1ccccc1COC(=O)c1ccc(SC)c([N+](=O)[O-])c1. The molecule has 6 nitrogen and oxygen atoms in total. The predicted octanol–water partition coefficient (Wildman–Crippen LogP) is 3.68. The van der Waals surface area contributed by atoms with Gasteiger partial charge in [0.05, 0.1) is 22.5 Å². The number of carbonyl (C=O) groups is 1. The number of para-hydroxylation sites is 1. The van der Waals surface area contributed by atoms with Gasteiger partial charge in [0, 0.05) is 11.6 Å². The molecule has 7 heteroatoms. The Labute approximate surface area is 137 Å². The lowest BCUT2D eigenvalue weighted by atomic mass is 10.2. The van der Waals surface area contributed by atoms with Crippen molar-refractivity contribution >= 4 is 23.4 Å². The molecule has 0 unspecified atom stereocenters. The average molecular weight is 333 g/mol. The molecule has 0 spiro atoms. The smallest absolute Gasteiger partial charge is 0.338 e. The Morgan fingerprint density at radius 3 is 2.65 bits per heavy atom. The molecule has 0 bridgehead atoms. The summed E-state index contributed by atoms with van der Waals surface area (Å²) in [5.41, 5.74) is 0.757. The Balaban J connectivity index is 2.15. The molecule has 2 aromatic rings. The topological polar surface area (TPSA) is 78.7 Å². The zero-order valence-corrected chi connectivity index (χ0v) is 13.5. The van der Waals surface area contributed by atoms with Crippen LogP contribution >= 0.6 is 11.8 Å². The van der Waals surface area contributed by atoms with Gasteiger partial charge in [0.25, 0.3) is 5.69 Å². The van der Waals surface area contributed by atoms with Crippen LogP contribution in [0.3, 0.4) is 0 Å². The van der Waals surface area contributed by atoms with Crippen molar-refractivity contribution in [1.82, 2.24) is 0 Å². The molecule has 0 aliphatic rings. The van der Waals surface area contributed by atoms with Gasteiger partial charge in [-0.2, -0.15) is 0 Å². The lowest BCUT2D eigenvalue weighted by Crippen LogP contribution is -2.07. The highest BCUT2D eigenvalue weighted by Gasteiger charge is 2.18. The molecule has 0 aromatic heterocycles. The summed E-state index contributed by atoms with van der Waals surface area (Å²) >= 11 is 1.25. The summed E-state index contributed by atoms with van der Waals surface area (Å²) < 4.78 is 10.4.